The largest absolute Gasteiger partial charge is 0.149 e. The van der Waals surface area contributed by atoms with Gasteiger partial charge in [0.1, 0.15) is 0 Å². The van der Waals surface area contributed by atoms with Gasteiger partial charge in [0.05, 0.1) is 0 Å². The SMILES string of the molecule is c1csc(CCCCCCc2cccs2)c1. The van der Waals surface area contributed by atoms with Gasteiger partial charge in [-0.25, -0.2) is 0 Å². The number of aryl methyl sites for hydroxylation is 2. The minimum atomic E-state index is 1.27. The predicted molar refractivity (Wildman–Crippen MR) is 74.5 cm³/mol. The molecule has 0 N–H and O–H groups in total. The number of hydrogen-bond acceptors (Lipinski definition) is 2. The molecule has 2 aromatic heterocycles. The van der Waals surface area contributed by atoms with Crippen LogP contribution in [0.4, 0.5) is 0 Å². The summed E-state index contributed by atoms with van der Waals surface area (Å²) in [6.45, 7) is 0. The summed E-state index contributed by atoms with van der Waals surface area (Å²) in [5.41, 5.74) is 0. The molecule has 0 bridgehead atoms. The summed E-state index contributed by atoms with van der Waals surface area (Å²) in [4.78, 5) is 3.08. The van der Waals surface area contributed by atoms with Crippen molar-refractivity contribution in [3.63, 3.8) is 0 Å². The first kappa shape index (κ1) is 11.9. The van der Waals surface area contributed by atoms with E-state index in [4.69, 9.17) is 0 Å². The molecule has 0 atom stereocenters. The first-order valence-electron chi connectivity index (χ1n) is 6.00. The molecule has 0 fully saturated rings. The zero-order valence-electron chi connectivity index (χ0n) is 9.52. The van der Waals surface area contributed by atoms with Gasteiger partial charge >= 0.3 is 0 Å². The Morgan fingerprint density at radius 3 is 1.56 bits per heavy atom. The van der Waals surface area contributed by atoms with E-state index in [-0.39, 0.29) is 0 Å². The van der Waals surface area contributed by atoms with Crippen LogP contribution in [0.2, 0.25) is 0 Å². The van der Waals surface area contributed by atoms with Crippen LogP contribution in [0, 0.1) is 0 Å². The second-order valence-corrected chi connectivity index (χ2v) is 6.14. The molecule has 16 heavy (non-hydrogen) atoms. The lowest BCUT2D eigenvalue weighted by Gasteiger charge is -1.99. The monoisotopic (exact) mass is 250 g/mol. The molecule has 0 nitrogen and oxygen atoms in total. The molecule has 86 valence electrons. The van der Waals surface area contributed by atoms with E-state index in [0.717, 1.165) is 0 Å². The first-order chi connectivity index (χ1) is 7.95. The lowest BCUT2D eigenvalue weighted by molar-refractivity contribution is 0.645. The van der Waals surface area contributed by atoms with E-state index in [0.29, 0.717) is 0 Å². The summed E-state index contributed by atoms with van der Waals surface area (Å²) in [6.07, 6.45) is 8.01. The molecule has 2 rings (SSSR count). The van der Waals surface area contributed by atoms with Gasteiger partial charge in [-0.1, -0.05) is 25.0 Å². The van der Waals surface area contributed by atoms with Crippen LogP contribution < -0.4 is 0 Å². The van der Waals surface area contributed by atoms with Crippen molar-refractivity contribution in [1.82, 2.24) is 0 Å². The molecular weight excluding hydrogens is 232 g/mol. The van der Waals surface area contributed by atoms with Crippen molar-refractivity contribution in [3.8, 4) is 0 Å². The van der Waals surface area contributed by atoms with E-state index in [1.165, 1.54) is 38.5 Å². The molecular formula is C14H18S2. The third-order valence-electron chi connectivity index (χ3n) is 2.76. The molecule has 0 aliphatic heterocycles. The lowest BCUT2D eigenvalue weighted by atomic mass is 10.1. The Balaban J connectivity index is 1.49. The maximum absolute atomic E-state index is 2.25. The highest BCUT2D eigenvalue weighted by molar-refractivity contribution is 7.10. The molecule has 2 aromatic rings. The van der Waals surface area contributed by atoms with Crippen LogP contribution >= 0.6 is 22.7 Å². The van der Waals surface area contributed by atoms with Gasteiger partial charge in [-0.05, 0) is 48.6 Å². The molecule has 0 unspecified atom stereocenters. The van der Waals surface area contributed by atoms with Gasteiger partial charge in [0.25, 0.3) is 0 Å². The molecule has 2 heteroatoms. The maximum atomic E-state index is 2.25. The zero-order chi connectivity index (χ0) is 11.1. The molecule has 0 radical (unpaired) electrons. The molecule has 0 saturated carbocycles. The Labute approximate surface area is 106 Å². The minimum absolute atomic E-state index is 1.27. The van der Waals surface area contributed by atoms with Crippen LogP contribution in [0.25, 0.3) is 0 Å². The smallest absolute Gasteiger partial charge is 0.00452 e. The fraction of sp³-hybridized carbons (Fsp3) is 0.429. The predicted octanol–water partition coefficient (Wildman–Crippen LogP) is 5.16. The van der Waals surface area contributed by atoms with Gasteiger partial charge < -0.3 is 0 Å². The van der Waals surface area contributed by atoms with E-state index >= 15 is 0 Å². The summed E-state index contributed by atoms with van der Waals surface area (Å²) >= 11 is 3.77. The van der Waals surface area contributed by atoms with E-state index < -0.39 is 0 Å². The molecule has 0 spiro atoms. The summed E-state index contributed by atoms with van der Waals surface area (Å²) in [5.74, 6) is 0. The van der Waals surface area contributed by atoms with Crippen molar-refractivity contribution in [1.29, 1.82) is 0 Å². The van der Waals surface area contributed by atoms with Gasteiger partial charge in [0.2, 0.25) is 0 Å². The molecule has 0 aromatic carbocycles. The van der Waals surface area contributed by atoms with Crippen molar-refractivity contribution in [2.24, 2.45) is 0 Å². The summed E-state index contributed by atoms with van der Waals surface area (Å²) in [5, 5.41) is 4.35. The summed E-state index contributed by atoms with van der Waals surface area (Å²) < 4.78 is 0. The number of thiophene rings is 2. The van der Waals surface area contributed by atoms with Crippen LogP contribution in [-0.4, -0.2) is 0 Å². The Kier molecular flexibility index (Phi) is 5.10. The normalized spacial score (nSPS) is 10.8. The third kappa shape index (κ3) is 4.11. The van der Waals surface area contributed by atoms with Crippen LogP contribution in [-0.2, 0) is 12.8 Å². The molecule has 0 aliphatic carbocycles. The standard InChI is InChI=1S/C14H18S2/c1(3-7-13-9-5-11-15-13)2-4-8-14-10-6-12-16-14/h5-6,9-12H,1-4,7-8H2. The Morgan fingerprint density at radius 1 is 0.688 bits per heavy atom. The fourth-order valence-electron chi connectivity index (χ4n) is 1.86. The molecule has 0 aliphatic rings. The average Bonchev–Trinajstić information content (AvgIpc) is 2.96. The van der Waals surface area contributed by atoms with E-state index in [1.807, 2.05) is 22.7 Å². The van der Waals surface area contributed by atoms with Crippen molar-refractivity contribution in [2.75, 3.05) is 0 Å². The fourth-order valence-corrected chi connectivity index (χ4v) is 3.36. The second-order valence-electron chi connectivity index (χ2n) is 4.07. The quantitative estimate of drug-likeness (QED) is 0.596. The molecule has 0 saturated heterocycles. The molecule has 0 amide bonds. The number of rotatable bonds is 7. The highest BCUT2D eigenvalue weighted by Crippen LogP contribution is 2.15. The second kappa shape index (κ2) is 6.87. The van der Waals surface area contributed by atoms with E-state index in [1.54, 1.807) is 9.75 Å². The highest BCUT2D eigenvalue weighted by Gasteiger charge is 1.96. The highest BCUT2D eigenvalue weighted by atomic mass is 32.1. The van der Waals surface area contributed by atoms with Crippen molar-refractivity contribution >= 4 is 22.7 Å². The summed E-state index contributed by atoms with van der Waals surface area (Å²) in [7, 11) is 0. The Morgan fingerprint density at radius 2 is 1.19 bits per heavy atom. The van der Waals surface area contributed by atoms with Gasteiger partial charge in [0, 0.05) is 9.75 Å². The van der Waals surface area contributed by atoms with Gasteiger partial charge in [-0.3, -0.25) is 0 Å². The maximum Gasteiger partial charge on any atom is 0.00452 e. The number of hydrogen-bond donors (Lipinski definition) is 0. The third-order valence-corrected chi connectivity index (χ3v) is 4.63. The number of unbranched alkanes of at least 4 members (excludes halogenated alkanes) is 3. The van der Waals surface area contributed by atoms with Gasteiger partial charge in [-0.2, -0.15) is 0 Å². The van der Waals surface area contributed by atoms with Crippen LogP contribution in [0.15, 0.2) is 35.0 Å². The van der Waals surface area contributed by atoms with E-state index in [9.17, 15) is 0 Å². The van der Waals surface area contributed by atoms with Crippen molar-refractivity contribution < 1.29 is 0 Å². The summed E-state index contributed by atoms with van der Waals surface area (Å²) in [6, 6.07) is 8.79. The van der Waals surface area contributed by atoms with Crippen LogP contribution in [0.5, 0.6) is 0 Å². The topological polar surface area (TPSA) is 0 Å². The Bertz CT molecular complexity index is 321. The zero-order valence-corrected chi connectivity index (χ0v) is 11.2. The Hall–Kier alpha value is -0.600. The molecule has 2 heterocycles. The van der Waals surface area contributed by atoms with Crippen molar-refractivity contribution in [2.45, 2.75) is 38.5 Å². The average molecular weight is 250 g/mol. The minimum Gasteiger partial charge on any atom is -0.149 e. The van der Waals surface area contributed by atoms with Gasteiger partial charge in [-0.15, -0.1) is 22.7 Å². The van der Waals surface area contributed by atoms with Crippen molar-refractivity contribution in [3.05, 3.63) is 44.8 Å². The lowest BCUT2D eigenvalue weighted by Crippen LogP contribution is -1.84. The van der Waals surface area contributed by atoms with E-state index in [2.05, 4.69) is 35.0 Å². The van der Waals surface area contributed by atoms with Crippen LogP contribution in [0.1, 0.15) is 35.4 Å². The van der Waals surface area contributed by atoms with Gasteiger partial charge in [0.15, 0.2) is 0 Å². The first-order valence-corrected chi connectivity index (χ1v) is 7.76. The van der Waals surface area contributed by atoms with Crippen LogP contribution in [0.3, 0.4) is 0 Å².